The van der Waals surface area contributed by atoms with Crippen LogP contribution in [0.4, 0.5) is 5.82 Å². The number of anilines is 1. The van der Waals surface area contributed by atoms with Crippen molar-refractivity contribution in [2.45, 2.75) is 38.3 Å². The molecule has 2 heterocycles. The maximum absolute atomic E-state index is 12.4. The van der Waals surface area contributed by atoms with E-state index in [0.29, 0.717) is 24.2 Å². The molecule has 1 amide bonds. The van der Waals surface area contributed by atoms with Crippen molar-refractivity contribution in [1.82, 2.24) is 10.3 Å². The molecule has 2 bridgehead atoms. The van der Waals surface area contributed by atoms with Crippen LogP contribution in [-0.4, -0.2) is 27.6 Å². The van der Waals surface area contributed by atoms with Crippen molar-refractivity contribution in [3.8, 4) is 0 Å². The zero-order chi connectivity index (χ0) is 15.5. The summed E-state index contributed by atoms with van der Waals surface area (Å²) in [6, 6.07) is 3.49. The number of pyridine rings is 1. The smallest absolute Gasteiger partial charge is 0.307 e. The minimum Gasteiger partial charge on any atom is -0.481 e. The first-order valence-corrected chi connectivity index (χ1v) is 7.72. The lowest BCUT2D eigenvalue weighted by Gasteiger charge is -2.60. The highest BCUT2D eigenvalue weighted by molar-refractivity contribution is 6.01. The molecule has 4 aliphatic rings. The molecule has 6 nitrogen and oxygen atoms in total. The summed E-state index contributed by atoms with van der Waals surface area (Å²) in [5, 5.41) is 16.0. The highest BCUT2D eigenvalue weighted by Gasteiger charge is 2.60. The van der Waals surface area contributed by atoms with Gasteiger partial charge in [-0.25, -0.2) is 4.98 Å². The zero-order valence-electron chi connectivity index (χ0n) is 12.4. The number of nitrogens with one attached hydrogen (secondary N) is 2. The quantitative estimate of drug-likeness (QED) is 0.736. The maximum Gasteiger partial charge on any atom is 0.307 e. The van der Waals surface area contributed by atoms with Gasteiger partial charge in [0, 0.05) is 12.1 Å². The molecule has 1 aromatic rings. The number of carbonyl (C=O) groups is 2. The first-order valence-electron chi connectivity index (χ1n) is 7.72. The lowest BCUT2D eigenvalue weighted by atomic mass is 9.51. The molecular formula is C16H19N3O3. The number of carboxylic acid groups (broad SMARTS) is 1. The number of nitrogens with zero attached hydrogens (tertiary/aromatic N) is 1. The summed E-state index contributed by atoms with van der Waals surface area (Å²) in [7, 11) is 0. The van der Waals surface area contributed by atoms with E-state index in [-0.39, 0.29) is 23.2 Å². The fraction of sp³-hybridized carbons (Fsp3) is 0.562. The van der Waals surface area contributed by atoms with Gasteiger partial charge in [0.2, 0.25) is 0 Å². The van der Waals surface area contributed by atoms with Crippen molar-refractivity contribution < 1.29 is 14.7 Å². The van der Waals surface area contributed by atoms with Crippen molar-refractivity contribution in [3.05, 3.63) is 23.9 Å². The second-order valence-electron chi connectivity index (χ2n) is 7.14. The predicted octanol–water partition coefficient (Wildman–Crippen LogP) is 1.84. The molecule has 0 aromatic carbocycles. The lowest BCUT2D eigenvalue weighted by molar-refractivity contribution is -0.156. The molecule has 0 saturated heterocycles. The van der Waals surface area contributed by atoms with Gasteiger partial charge in [0.1, 0.15) is 11.5 Å². The first kappa shape index (κ1) is 13.5. The Morgan fingerprint density at radius 2 is 2.27 bits per heavy atom. The monoisotopic (exact) mass is 301 g/mol. The predicted molar refractivity (Wildman–Crippen MR) is 79.2 cm³/mol. The summed E-state index contributed by atoms with van der Waals surface area (Å²) in [5.41, 5.74) is -0.306. The minimum atomic E-state index is -0.720. The Labute approximate surface area is 128 Å². The standard InChI is InChI=1S/C16H19N3O3/c1-15-5-4-9(7-11(15)14(21)22)16(8-15)18-12-10(13(20)19-16)3-2-6-17-12/h2-3,6,9,11H,4-5,7-8H2,1H3,(H,17,18)(H,19,20)(H,21,22)/t9-,11-,15-,16+/m1/s1. The van der Waals surface area contributed by atoms with Gasteiger partial charge in [-0.1, -0.05) is 6.92 Å². The average molecular weight is 301 g/mol. The fourth-order valence-electron chi connectivity index (χ4n) is 4.70. The summed E-state index contributed by atoms with van der Waals surface area (Å²) in [6.07, 6.45) is 4.71. The summed E-state index contributed by atoms with van der Waals surface area (Å²) in [4.78, 5) is 28.3. The van der Waals surface area contributed by atoms with Crippen LogP contribution in [0.1, 0.15) is 43.0 Å². The van der Waals surface area contributed by atoms with Crippen LogP contribution in [0.5, 0.6) is 0 Å². The van der Waals surface area contributed by atoms with Crippen LogP contribution in [-0.2, 0) is 4.79 Å². The molecule has 1 aromatic heterocycles. The van der Waals surface area contributed by atoms with Crippen LogP contribution in [0, 0.1) is 17.3 Å². The number of fused-ring (bicyclic) bond motifs is 3. The summed E-state index contributed by atoms with van der Waals surface area (Å²) >= 11 is 0. The van der Waals surface area contributed by atoms with Gasteiger partial charge in [-0.05, 0) is 43.2 Å². The Morgan fingerprint density at radius 1 is 1.45 bits per heavy atom. The molecule has 1 aliphatic heterocycles. The van der Waals surface area contributed by atoms with E-state index in [2.05, 4.69) is 15.6 Å². The van der Waals surface area contributed by atoms with Crippen LogP contribution in [0.2, 0.25) is 0 Å². The normalized spacial score (nSPS) is 39.0. The highest BCUT2D eigenvalue weighted by atomic mass is 16.4. The molecule has 1 spiro atoms. The second kappa shape index (κ2) is 4.21. The van der Waals surface area contributed by atoms with E-state index in [1.807, 2.05) is 6.92 Å². The zero-order valence-corrected chi connectivity index (χ0v) is 12.4. The molecule has 3 aliphatic carbocycles. The SMILES string of the molecule is C[C@]12CC[C@H](C[C@@H]1C(=O)O)[C@]1(C2)NC(=O)c2cccnc2N1. The molecule has 0 unspecified atom stereocenters. The third kappa shape index (κ3) is 1.69. The van der Waals surface area contributed by atoms with Crippen LogP contribution >= 0.6 is 0 Å². The number of rotatable bonds is 1. The molecule has 3 fully saturated rings. The van der Waals surface area contributed by atoms with E-state index in [0.717, 1.165) is 12.8 Å². The number of carboxylic acids is 1. The molecule has 3 N–H and O–H groups in total. The Balaban J connectivity index is 1.73. The van der Waals surface area contributed by atoms with Crippen molar-refractivity contribution in [2.24, 2.45) is 17.3 Å². The van der Waals surface area contributed by atoms with Gasteiger partial charge >= 0.3 is 5.97 Å². The number of hydrogen-bond donors (Lipinski definition) is 3. The van der Waals surface area contributed by atoms with Crippen molar-refractivity contribution in [1.29, 1.82) is 0 Å². The fourth-order valence-corrected chi connectivity index (χ4v) is 4.70. The van der Waals surface area contributed by atoms with Crippen molar-refractivity contribution >= 4 is 17.7 Å². The van der Waals surface area contributed by atoms with Crippen LogP contribution in [0.15, 0.2) is 18.3 Å². The average Bonchev–Trinajstić information content (AvgIpc) is 2.46. The molecular weight excluding hydrogens is 282 g/mol. The summed E-state index contributed by atoms with van der Waals surface area (Å²) in [6.45, 7) is 2.03. The van der Waals surface area contributed by atoms with E-state index < -0.39 is 11.6 Å². The molecule has 116 valence electrons. The number of hydrogen-bond acceptors (Lipinski definition) is 4. The van der Waals surface area contributed by atoms with Gasteiger partial charge in [0.15, 0.2) is 0 Å². The Bertz CT molecular complexity index is 676. The summed E-state index contributed by atoms with van der Waals surface area (Å²) < 4.78 is 0. The van der Waals surface area contributed by atoms with Gasteiger partial charge in [-0.2, -0.15) is 0 Å². The van der Waals surface area contributed by atoms with E-state index in [1.54, 1.807) is 18.3 Å². The topological polar surface area (TPSA) is 91.3 Å². The molecule has 4 atom stereocenters. The van der Waals surface area contributed by atoms with Crippen LogP contribution in [0.3, 0.4) is 0 Å². The largest absolute Gasteiger partial charge is 0.481 e. The lowest BCUT2D eigenvalue weighted by Crippen LogP contribution is -2.69. The highest BCUT2D eigenvalue weighted by Crippen LogP contribution is 2.58. The van der Waals surface area contributed by atoms with E-state index in [4.69, 9.17) is 0 Å². The van der Waals surface area contributed by atoms with Gasteiger partial charge < -0.3 is 15.7 Å². The molecule has 0 radical (unpaired) electrons. The maximum atomic E-state index is 12.4. The van der Waals surface area contributed by atoms with Gasteiger partial charge in [0.25, 0.3) is 5.91 Å². The molecule has 6 heteroatoms. The van der Waals surface area contributed by atoms with Gasteiger partial charge in [0.05, 0.1) is 11.5 Å². The van der Waals surface area contributed by atoms with Crippen LogP contribution < -0.4 is 10.6 Å². The minimum absolute atomic E-state index is 0.120. The number of aromatic nitrogens is 1. The third-order valence-corrected chi connectivity index (χ3v) is 5.83. The molecule has 22 heavy (non-hydrogen) atoms. The van der Waals surface area contributed by atoms with Gasteiger partial charge in [-0.3, -0.25) is 9.59 Å². The van der Waals surface area contributed by atoms with E-state index in [9.17, 15) is 14.7 Å². The number of aliphatic carboxylic acids is 1. The van der Waals surface area contributed by atoms with E-state index >= 15 is 0 Å². The van der Waals surface area contributed by atoms with Gasteiger partial charge in [-0.15, -0.1) is 0 Å². The summed E-state index contributed by atoms with van der Waals surface area (Å²) in [5.74, 6) is -0.447. The Kier molecular flexibility index (Phi) is 2.59. The third-order valence-electron chi connectivity index (χ3n) is 5.83. The van der Waals surface area contributed by atoms with Crippen LogP contribution in [0.25, 0.3) is 0 Å². The second-order valence-corrected chi connectivity index (χ2v) is 7.14. The Hall–Kier alpha value is -2.11. The number of amides is 1. The molecule has 5 rings (SSSR count). The first-order chi connectivity index (χ1) is 10.4. The number of carbonyl (C=O) groups excluding carboxylic acids is 1. The van der Waals surface area contributed by atoms with E-state index in [1.165, 1.54) is 0 Å². The molecule has 3 saturated carbocycles. The Morgan fingerprint density at radius 3 is 3.00 bits per heavy atom. The van der Waals surface area contributed by atoms with Crippen molar-refractivity contribution in [2.75, 3.05) is 5.32 Å². The van der Waals surface area contributed by atoms with Crippen molar-refractivity contribution in [3.63, 3.8) is 0 Å².